The van der Waals surface area contributed by atoms with Gasteiger partial charge in [0.2, 0.25) is 5.13 Å². The highest BCUT2D eigenvalue weighted by molar-refractivity contribution is 7.15. The molecule has 3 N–H and O–H groups in total. The summed E-state index contributed by atoms with van der Waals surface area (Å²) in [5, 5.41) is 23.5. The Morgan fingerprint density at radius 3 is 2.74 bits per heavy atom. The molecule has 1 aromatic heterocycles. The lowest BCUT2D eigenvalue weighted by Crippen LogP contribution is -2.34. The van der Waals surface area contributed by atoms with Gasteiger partial charge in [-0.25, -0.2) is 0 Å². The highest BCUT2D eigenvalue weighted by atomic mass is 32.1. The topological polar surface area (TPSA) is 125 Å². The quantitative estimate of drug-likeness (QED) is 0.606. The first-order valence-electron chi connectivity index (χ1n) is 8.21. The first kappa shape index (κ1) is 18.7. The van der Waals surface area contributed by atoms with Gasteiger partial charge in [-0.2, -0.15) is 0 Å². The van der Waals surface area contributed by atoms with Crippen molar-refractivity contribution < 1.29 is 19.5 Å². The van der Waals surface area contributed by atoms with Gasteiger partial charge in [-0.3, -0.25) is 24.6 Å². The maximum Gasteiger partial charge on any atom is 0.277 e. The number of nitrogens with one attached hydrogen (secondary N) is 2. The molecule has 0 bridgehead atoms. The summed E-state index contributed by atoms with van der Waals surface area (Å²) in [7, 11) is 0. The molecule has 0 unspecified atom stereocenters. The second-order valence-corrected chi connectivity index (χ2v) is 6.62. The highest BCUT2D eigenvalue weighted by Gasteiger charge is 2.31. The van der Waals surface area contributed by atoms with Crippen molar-refractivity contribution in [1.82, 2.24) is 15.1 Å². The monoisotopic (exact) mass is 387 g/mol. The van der Waals surface area contributed by atoms with Crippen LogP contribution in [0.2, 0.25) is 0 Å². The molecule has 0 fully saturated rings. The lowest BCUT2D eigenvalue weighted by Gasteiger charge is -2.14. The standard InChI is InChI=1S/C17H17N5O4S/c1-2-13-20-21-17(27-13)19-15(25)10-5-3-4-6-11(10)18-12-9-14(24)22(7-8-23)16(12)26/h3-6,9,18,23H,2,7-8H2,1H3,(H,19,21,25). The number of aliphatic hydroxyl groups excluding tert-OH is 1. The van der Waals surface area contributed by atoms with Crippen molar-refractivity contribution in [3.05, 3.63) is 46.6 Å². The predicted octanol–water partition coefficient (Wildman–Crippen LogP) is 1.01. The lowest BCUT2D eigenvalue weighted by molar-refractivity contribution is -0.137. The van der Waals surface area contributed by atoms with Crippen molar-refractivity contribution in [1.29, 1.82) is 0 Å². The Morgan fingerprint density at radius 2 is 2.04 bits per heavy atom. The number of para-hydroxylation sites is 1. The zero-order chi connectivity index (χ0) is 19.4. The summed E-state index contributed by atoms with van der Waals surface area (Å²) >= 11 is 1.29. The van der Waals surface area contributed by atoms with E-state index in [2.05, 4.69) is 20.8 Å². The van der Waals surface area contributed by atoms with Crippen LogP contribution in [0.5, 0.6) is 0 Å². The highest BCUT2D eigenvalue weighted by Crippen LogP contribution is 2.23. The van der Waals surface area contributed by atoms with Gasteiger partial charge in [0.05, 0.1) is 24.4 Å². The Kier molecular flexibility index (Phi) is 5.57. The first-order chi connectivity index (χ1) is 13.0. The number of aromatic nitrogens is 2. The Morgan fingerprint density at radius 1 is 1.26 bits per heavy atom. The molecule has 0 saturated carbocycles. The van der Waals surface area contributed by atoms with E-state index in [9.17, 15) is 14.4 Å². The molecule has 1 aromatic carbocycles. The van der Waals surface area contributed by atoms with Crippen LogP contribution in [0.25, 0.3) is 0 Å². The summed E-state index contributed by atoms with van der Waals surface area (Å²) in [6.45, 7) is 1.54. The fourth-order valence-corrected chi connectivity index (χ4v) is 3.13. The average molecular weight is 387 g/mol. The molecule has 1 aliphatic rings. The zero-order valence-electron chi connectivity index (χ0n) is 14.4. The van der Waals surface area contributed by atoms with Crippen molar-refractivity contribution in [2.24, 2.45) is 0 Å². The summed E-state index contributed by atoms with van der Waals surface area (Å²) in [6, 6.07) is 6.60. The fraction of sp³-hybridized carbons (Fsp3) is 0.235. The van der Waals surface area contributed by atoms with E-state index in [0.29, 0.717) is 10.8 Å². The molecule has 1 aliphatic heterocycles. The van der Waals surface area contributed by atoms with Crippen LogP contribution < -0.4 is 10.6 Å². The van der Waals surface area contributed by atoms with Crippen LogP contribution in [0, 0.1) is 0 Å². The number of aliphatic hydroxyl groups is 1. The van der Waals surface area contributed by atoms with E-state index in [1.54, 1.807) is 24.3 Å². The van der Waals surface area contributed by atoms with Crippen molar-refractivity contribution >= 4 is 39.9 Å². The number of aryl methyl sites for hydroxylation is 1. The van der Waals surface area contributed by atoms with Gasteiger partial charge in [0.25, 0.3) is 17.7 Å². The van der Waals surface area contributed by atoms with E-state index in [4.69, 9.17) is 5.11 Å². The van der Waals surface area contributed by atoms with Gasteiger partial charge in [-0.05, 0) is 18.6 Å². The van der Waals surface area contributed by atoms with Crippen LogP contribution in [0.1, 0.15) is 22.3 Å². The molecule has 0 atom stereocenters. The molecule has 0 spiro atoms. The number of amides is 3. The van der Waals surface area contributed by atoms with Crippen molar-refractivity contribution in [2.45, 2.75) is 13.3 Å². The van der Waals surface area contributed by atoms with E-state index in [1.165, 1.54) is 11.3 Å². The molecular weight excluding hydrogens is 370 g/mol. The summed E-state index contributed by atoms with van der Waals surface area (Å²) in [5.74, 6) is -1.48. The zero-order valence-corrected chi connectivity index (χ0v) is 15.2. The number of carbonyl (C=O) groups excluding carboxylic acids is 3. The number of β-amino-alcohol motifs (C(OH)–C–C–N with tert-alkyl or cyclic N) is 1. The van der Waals surface area contributed by atoms with Gasteiger partial charge in [0.1, 0.15) is 10.7 Å². The lowest BCUT2D eigenvalue weighted by atomic mass is 10.1. The molecule has 0 saturated heterocycles. The van der Waals surface area contributed by atoms with Crippen LogP contribution in [0.4, 0.5) is 10.8 Å². The number of hydrogen-bond donors (Lipinski definition) is 3. The molecule has 3 amide bonds. The number of anilines is 2. The number of rotatable bonds is 7. The van der Waals surface area contributed by atoms with Crippen LogP contribution in [0.3, 0.4) is 0 Å². The number of imide groups is 1. The van der Waals surface area contributed by atoms with Gasteiger partial charge < -0.3 is 10.4 Å². The van der Waals surface area contributed by atoms with Gasteiger partial charge in [-0.1, -0.05) is 30.4 Å². The minimum atomic E-state index is -0.555. The Bertz CT molecular complexity index is 924. The Labute approximate surface area is 158 Å². The molecule has 0 aliphatic carbocycles. The van der Waals surface area contributed by atoms with E-state index in [0.717, 1.165) is 22.4 Å². The maximum atomic E-state index is 12.6. The van der Waals surface area contributed by atoms with Gasteiger partial charge in [0, 0.05) is 6.08 Å². The SMILES string of the molecule is CCc1nnc(NC(=O)c2ccccc2NC2=CC(=O)N(CCO)C2=O)s1. The minimum absolute atomic E-state index is 0.0397. The van der Waals surface area contributed by atoms with Crippen molar-refractivity contribution in [3.63, 3.8) is 0 Å². The summed E-state index contributed by atoms with van der Waals surface area (Å²) < 4.78 is 0. The summed E-state index contributed by atoms with van der Waals surface area (Å²) in [4.78, 5) is 37.6. The number of carbonyl (C=O) groups is 3. The van der Waals surface area contributed by atoms with Crippen molar-refractivity contribution in [3.8, 4) is 0 Å². The normalized spacial score (nSPS) is 13.7. The molecule has 140 valence electrons. The number of benzene rings is 1. The van der Waals surface area contributed by atoms with E-state index in [1.807, 2.05) is 6.92 Å². The minimum Gasteiger partial charge on any atom is -0.395 e. The third kappa shape index (κ3) is 4.01. The fourth-order valence-electron chi connectivity index (χ4n) is 2.46. The van der Waals surface area contributed by atoms with Crippen molar-refractivity contribution in [2.75, 3.05) is 23.8 Å². The molecule has 27 heavy (non-hydrogen) atoms. The van der Waals surface area contributed by atoms with Gasteiger partial charge in [-0.15, -0.1) is 10.2 Å². The second kappa shape index (κ2) is 8.06. The van der Waals surface area contributed by atoms with Crippen LogP contribution in [0.15, 0.2) is 36.0 Å². The van der Waals surface area contributed by atoms with Gasteiger partial charge in [0.15, 0.2) is 0 Å². The Balaban J connectivity index is 1.78. The molecule has 2 aromatic rings. The smallest absolute Gasteiger partial charge is 0.277 e. The molecular formula is C17H17N5O4S. The average Bonchev–Trinajstić information content (AvgIpc) is 3.22. The van der Waals surface area contributed by atoms with E-state index in [-0.39, 0.29) is 24.4 Å². The second-order valence-electron chi connectivity index (χ2n) is 5.56. The molecule has 0 radical (unpaired) electrons. The molecule has 2 heterocycles. The predicted molar refractivity (Wildman–Crippen MR) is 99.2 cm³/mol. The molecule has 3 rings (SSSR count). The van der Waals surface area contributed by atoms with E-state index >= 15 is 0 Å². The third-order valence-electron chi connectivity index (χ3n) is 3.76. The number of hydrogen-bond acceptors (Lipinski definition) is 8. The summed E-state index contributed by atoms with van der Waals surface area (Å²) in [5.41, 5.74) is 0.693. The van der Waals surface area contributed by atoms with Crippen LogP contribution in [-0.4, -0.2) is 51.1 Å². The first-order valence-corrected chi connectivity index (χ1v) is 9.03. The van der Waals surface area contributed by atoms with E-state index < -0.39 is 17.7 Å². The van der Waals surface area contributed by atoms with Crippen LogP contribution in [-0.2, 0) is 16.0 Å². The number of nitrogens with zero attached hydrogens (tertiary/aromatic N) is 3. The maximum absolute atomic E-state index is 12.6. The molecule has 10 heteroatoms. The third-order valence-corrected chi connectivity index (χ3v) is 4.75. The van der Waals surface area contributed by atoms with Crippen LogP contribution >= 0.6 is 11.3 Å². The molecule has 9 nitrogen and oxygen atoms in total. The largest absolute Gasteiger partial charge is 0.395 e. The van der Waals surface area contributed by atoms with Gasteiger partial charge >= 0.3 is 0 Å². The Hall–Kier alpha value is -3.11. The summed E-state index contributed by atoms with van der Waals surface area (Å²) in [6.07, 6.45) is 1.87.